The van der Waals surface area contributed by atoms with Crippen LogP contribution in [0.3, 0.4) is 0 Å². The Bertz CT molecular complexity index is 639. The summed E-state index contributed by atoms with van der Waals surface area (Å²) in [5, 5.41) is 10.5. The van der Waals surface area contributed by atoms with E-state index in [9.17, 15) is 5.11 Å². The third kappa shape index (κ3) is 2.74. The second-order valence-electron chi connectivity index (χ2n) is 5.59. The minimum Gasteiger partial charge on any atom is -0.496 e. The van der Waals surface area contributed by atoms with Gasteiger partial charge in [-0.1, -0.05) is 30.3 Å². The highest BCUT2D eigenvalue weighted by Gasteiger charge is 2.18. The summed E-state index contributed by atoms with van der Waals surface area (Å²) in [4.78, 5) is 2.26. The molecular weight excluding hydrogens is 262 g/mol. The lowest BCUT2D eigenvalue weighted by molar-refractivity contribution is 0.177. The molecule has 1 aliphatic rings. The number of likely N-dealkylation sites (N-methyl/N-ethyl adjacent to an activating group) is 1. The Morgan fingerprint density at radius 3 is 2.86 bits per heavy atom. The number of aliphatic hydroxyl groups excluding tert-OH is 1. The highest BCUT2D eigenvalue weighted by atomic mass is 16.5. The standard InChI is InChI=1S/C18H21NO2/c1-19-10-9-13-11-14(7-8-16(13)19)17(20)12-15-5-3-4-6-18(15)21-2/h3-8,11,17,20H,9-10,12H2,1-2H3. The molecule has 0 aromatic heterocycles. The Hall–Kier alpha value is -2.00. The van der Waals surface area contributed by atoms with Crippen LogP contribution in [0, 0.1) is 0 Å². The Morgan fingerprint density at radius 1 is 1.24 bits per heavy atom. The molecule has 3 rings (SSSR count). The van der Waals surface area contributed by atoms with Gasteiger partial charge in [0.15, 0.2) is 0 Å². The molecule has 0 amide bonds. The van der Waals surface area contributed by atoms with Crippen LogP contribution in [0.1, 0.15) is 22.8 Å². The fraction of sp³-hybridized carbons (Fsp3) is 0.333. The van der Waals surface area contributed by atoms with Crippen LogP contribution in [0.25, 0.3) is 0 Å². The van der Waals surface area contributed by atoms with Crippen molar-refractivity contribution >= 4 is 5.69 Å². The first-order valence-corrected chi connectivity index (χ1v) is 7.33. The van der Waals surface area contributed by atoms with Gasteiger partial charge >= 0.3 is 0 Å². The average Bonchev–Trinajstić information content (AvgIpc) is 2.88. The number of hydrogen-bond acceptors (Lipinski definition) is 3. The Morgan fingerprint density at radius 2 is 2.05 bits per heavy atom. The molecule has 0 fully saturated rings. The summed E-state index contributed by atoms with van der Waals surface area (Å²) in [5.74, 6) is 0.831. The molecule has 2 aromatic carbocycles. The number of hydrogen-bond donors (Lipinski definition) is 1. The number of nitrogens with zero attached hydrogens (tertiary/aromatic N) is 1. The average molecular weight is 283 g/mol. The van der Waals surface area contributed by atoms with E-state index in [1.807, 2.05) is 30.3 Å². The van der Waals surface area contributed by atoms with E-state index < -0.39 is 6.10 Å². The van der Waals surface area contributed by atoms with Gasteiger partial charge in [-0.3, -0.25) is 0 Å². The third-order valence-electron chi connectivity index (χ3n) is 4.22. The van der Waals surface area contributed by atoms with Crippen molar-refractivity contribution in [2.45, 2.75) is 18.9 Å². The molecule has 21 heavy (non-hydrogen) atoms. The van der Waals surface area contributed by atoms with E-state index in [1.54, 1.807) is 7.11 Å². The molecule has 1 aliphatic heterocycles. The first-order valence-electron chi connectivity index (χ1n) is 7.33. The Labute approximate surface area is 125 Å². The molecule has 1 N–H and O–H groups in total. The monoisotopic (exact) mass is 283 g/mol. The number of para-hydroxylation sites is 1. The van der Waals surface area contributed by atoms with Crippen LogP contribution >= 0.6 is 0 Å². The van der Waals surface area contributed by atoms with Crippen molar-refractivity contribution in [3.63, 3.8) is 0 Å². The van der Waals surface area contributed by atoms with Crippen molar-refractivity contribution in [3.05, 3.63) is 59.2 Å². The quantitative estimate of drug-likeness (QED) is 0.936. The second kappa shape index (κ2) is 5.78. The van der Waals surface area contributed by atoms with Crippen LogP contribution in [0.4, 0.5) is 5.69 Å². The van der Waals surface area contributed by atoms with Crippen molar-refractivity contribution in [1.82, 2.24) is 0 Å². The molecule has 0 saturated carbocycles. The zero-order valence-electron chi connectivity index (χ0n) is 12.5. The van der Waals surface area contributed by atoms with Gasteiger partial charge in [0.05, 0.1) is 13.2 Å². The van der Waals surface area contributed by atoms with E-state index in [-0.39, 0.29) is 0 Å². The zero-order chi connectivity index (χ0) is 14.8. The minimum atomic E-state index is -0.502. The smallest absolute Gasteiger partial charge is 0.122 e. The second-order valence-corrected chi connectivity index (χ2v) is 5.59. The molecule has 0 bridgehead atoms. The lowest BCUT2D eigenvalue weighted by atomic mass is 9.98. The molecule has 0 radical (unpaired) electrons. The molecule has 3 nitrogen and oxygen atoms in total. The molecule has 3 heteroatoms. The normalized spacial score (nSPS) is 14.9. The number of fused-ring (bicyclic) bond motifs is 1. The first-order chi connectivity index (χ1) is 10.2. The summed E-state index contributed by atoms with van der Waals surface area (Å²) in [6.07, 6.45) is 1.12. The van der Waals surface area contributed by atoms with E-state index >= 15 is 0 Å². The molecule has 0 saturated heterocycles. The topological polar surface area (TPSA) is 32.7 Å². The summed E-state index contributed by atoms with van der Waals surface area (Å²) < 4.78 is 5.35. The fourth-order valence-electron chi connectivity index (χ4n) is 2.99. The number of ether oxygens (including phenoxy) is 1. The summed E-state index contributed by atoms with van der Waals surface area (Å²) in [6.45, 7) is 1.06. The first kappa shape index (κ1) is 14.0. The molecule has 2 aromatic rings. The number of benzene rings is 2. The van der Waals surface area contributed by atoms with Gasteiger partial charge < -0.3 is 14.7 Å². The van der Waals surface area contributed by atoms with Gasteiger partial charge in [0.2, 0.25) is 0 Å². The van der Waals surface area contributed by atoms with Gasteiger partial charge in [0, 0.05) is 25.7 Å². The fourth-order valence-corrected chi connectivity index (χ4v) is 2.99. The van der Waals surface area contributed by atoms with E-state index in [4.69, 9.17) is 4.74 Å². The maximum atomic E-state index is 10.5. The van der Waals surface area contributed by atoms with Crippen molar-refractivity contribution < 1.29 is 9.84 Å². The Balaban J connectivity index is 1.81. The van der Waals surface area contributed by atoms with Gasteiger partial charge in [0.1, 0.15) is 5.75 Å². The number of aliphatic hydroxyl groups is 1. The number of rotatable bonds is 4. The third-order valence-corrected chi connectivity index (χ3v) is 4.22. The van der Waals surface area contributed by atoms with E-state index in [0.29, 0.717) is 6.42 Å². The van der Waals surface area contributed by atoms with Crippen molar-refractivity contribution in [1.29, 1.82) is 0 Å². The van der Waals surface area contributed by atoms with Gasteiger partial charge in [0.25, 0.3) is 0 Å². The predicted molar refractivity (Wildman–Crippen MR) is 85.1 cm³/mol. The molecule has 1 atom stereocenters. The zero-order valence-corrected chi connectivity index (χ0v) is 12.5. The molecule has 0 spiro atoms. The molecule has 1 heterocycles. The lowest BCUT2D eigenvalue weighted by Crippen LogP contribution is -2.12. The number of methoxy groups -OCH3 is 1. The van der Waals surface area contributed by atoms with Gasteiger partial charge in [-0.2, -0.15) is 0 Å². The van der Waals surface area contributed by atoms with Crippen LogP contribution in [-0.2, 0) is 12.8 Å². The summed E-state index contributed by atoms with van der Waals surface area (Å²) in [7, 11) is 3.77. The molecule has 110 valence electrons. The van der Waals surface area contributed by atoms with Crippen LogP contribution in [0.15, 0.2) is 42.5 Å². The van der Waals surface area contributed by atoms with Gasteiger partial charge in [-0.25, -0.2) is 0 Å². The summed E-state index contributed by atoms with van der Waals surface area (Å²) in [5.41, 5.74) is 4.62. The molecule has 0 aliphatic carbocycles. The van der Waals surface area contributed by atoms with E-state index in [1.165, 1.54) is 11.3 Å². The molecule has 1 unspecified atom stereocenters. The highest BCUT2D eigenvalue weighted by Crippen LogP contribution is 2.31. The largest absolute Gasteiger partial charge is 0.496 e. The maximum Gasteiger partial charge on any atom is 0.122 e. The SMILES string of the molecule is COc1ccccc1CC(O)c1ccc2c(c1)CCN2C. The Kier molecular flexibility index (Phi) is 3.84. The highest BCUT2D eigenvalue weighted by molar-refractivity contribution is 5.58. The van der Waals surface area contributed by atoms with Crippen LogP contribution in [0.2, 0.25) is 0 Å². The van der Waals surface area contributed by atoms with Crippen molar-refractivity contribution in [3.8, 4) is 5.75 Å². The van der Waals surface area contributed by atoms with Crippen molar-refractivity contribution in [2.24, 2.45) is 0 Å². The van der Waals surface area contributed by atoms with Gasteiger partial charge in [-0.05, 0) is 35.2 Å². The van der Waals surface area contributed by atoms with Crippen LogP contribution in [0.5, 0.6) is 5.75 Å². The summed E-state index contributed by atoms with van der Waals surface area (Å²) >= 11 is 0. The summed E-state index contributed by atoms with van der Waals surface area (Å²) in [6, 6.07) is 14.1. The van der Waals surface area contributed by atoms with E-state index in [2.05, 4.69) is 24.1 Å². The lowest BCUT2D eigenvalue weighted by Gasteiger charge is -2.16. The predicted octanol–water partition coefficient (Wildman–Crippen LogP) is 2.96. The van der Waals surface area contributed by atoms with Gasteiger partial charge in [-0.15, -0.1) is 0 Å². The maximum absolute atomic E-state index is 10.5. The van der Waals surface area contributed by atoms with Crippen LogP contribution < -0.4 is 9.64 Å². The number of anilines is 1. The van der Waals surface area contributed by atoms with Crippen molar-refractivity contribution in [2.75, 3.05) is 25.6 Å². The van der Waals surface area contributed by atoms with Crippen LogP contribution in [-0.4, -0.2) is 25.8 Å². The minimum absolute atomic E-state index is 0.502. The van der Waals surface area contributed by atoms with E-state index in [0.717, 1.165) is 29.8 Å². The molecular formula is C18H21NO2.